The van der Waals surface area contributed by atoms with E-state index in [0.29, 0.717) is 6.54 Å². The van der Waals surface area contributed by atoms with Crippen LogP contribution in [-0.2, 0) is 4.74 Å². The Morgan fingerprint density at radius 1 is 1.17 bits per heavy atom. The van der Waals surface area contributed by atoms with E-state index in [-0.39, 0.29) is 11.6 Å². The minimum absolute atomic E-state index is 0.0392. The molecule has 0 saturated heterocycles. The van der Waals surface area contributed by atoms with Crippen molar-refractivity contribution in [3.8, 4) is 0 Å². The summed E-state index contributed by atoms with van der Waals surface area (Å²) in [6, 6.07) is 0. The van der Waals surface area contributed by atoms with Crippen molar-refractivity contribution in [3.05, 3.63) is 12.2 Å². The highest BCUT2D eigenvalue weighted by atomic mass is 16.6. The molecule has 2 aliphatic rings. The van der Waals surface area contributed by atoms with Crippen molar-refractivity contribution in [3.63, 3.8) is 0 Å². The van der Waals surface area contributed by atoms with E-state index in [1.165, 1.54) is 12.8 Å². The molecule has 0 heterocycles. The molecule has 0 radical (unpaired) electrons. The third kappa shape index (κ3) is 4.97. The van der Waals surface area contributed by atoms with Crippen molar-refractivity contribution in [1.29, 1.82) is 0 Å². The van der Waals surface area contributed by atoms with Crippen LogP contribution in [0.2, 0.25) is 0 Å². The van der Waals surface area contributed by atoms with Crippen LogP contribution in [-0.4, -0.2) is 30.3 Å². The highest BCUT2D eigenvalue weighted by molar-refractivity contribution is 5.67. The number of carbonyl (C=O) groups excluding carboxylic acids is 1. The van der Waals surface area contributed by atoms with Crippen LogP contribution in [0.15, 0.2) is 12.2 Å². The molecule has 4 nitrogen and oxygen atoms in total. The molecule has 3 atom stereocenters. The van der Waals surface area contributed by atoms with Crippen LogP contribution in [0, 0.1) is 17.8 Å². The summed E-state index contributed by atoms with van der Waals surface area (Å²) in [6.45, 7) is 11.7. The smallest absolute Gasteiger partial charge is 0.407 e. The summed E-state index contributed by atoms with van der Waals surface area (Å²) in [5, 5.41) is 6.73. The molecule has 1 amide bonds. The molecule has 0 aromatic carbocycles. The second kappa shape index (κ2) is 7.25. The van der Waals surface area contributed by atoms with E-state index >= 15 is 0 Å². The number of hydrogen-bond acceptors (Lipinski definition) is 3. The standard InChI is InChI=1S/C19H34N2O2/c1-6-19(7-2,13-20-17(22)23-18(3,4)5)21-12-16-11-14-8-9-15(16)10-14/h8-9,14-16,21H,6-7,10-13H2,1-5H3,(H,20,22). The maximum atomic E-state index is 11.9. The molecule has 1 fully saturated rings. The second-order valence-electron chi connectivity index (χ2n) is 8.26. The largest absolute Gasteiger partial charge is 0.444 e. The Morgan fingerprint density at radius 2 is 1.87 bits per heavy atom. The summed E-state index contributed by atoms with van der Waals surface area (Å²) in [5.41, 5.74) is -0.490. The van der Waals surface area contributed by atoms with Crippen LogP contribution < -0.4 is 10.6 Å². The normalized spacial score (nSPS) is 26.6. The van der Waals surface area contributed by atoms with Gasteiger partial charge in [0.05, 0.1) is 0 Å². The lowest BCUT2D eigenvalue weighted by atomic mass is 9.89. The highest BCUT2D eigenvalue weighted by Crippen LogP contribution is 2.43. The van der Waals surface area contributed by atoms with Crippen molar-refractivity contribution in [1.82, 2.24) is 10.6 Å². The van der Waals surface area contributed by atoms with Gasteiger partial charge in [0.15, 0.2) is 0 Å². The molecule has 0 aliphatic heterocycles. The zero-order valence-corrected chi connectivity index (χ0v) is 15.4. The number of fused-ring (bicyclic) bond motifs is 2. The van der Waals surface area contributed by atoms with Crippen LogP contribution >= 0.6 is 0 Å². The van der Waals surface area contributed by atoms with Gasteiger partial charge in [-0.1, -0.05) is 26.0 Å². The molecule has 132 valence electrons. The minimum atomic E-state index is -0.450. The van der Waals surface area contributed by atoms with Gasteiger partial charge in [0.2, 0.25) is 0 Å². The molecule has 2 N–H and O–H groups in total. The summed E-state index contributed by atoms with van der Waals surface area (Å²) in [4.78, 5) is 11.9. The van der Waals surface area contributed by atoms with E-state index in [9.17, 15) is 4.79 Å². The van der Waals surface area contributed by atoms with Gasteiger partial charge < -0.3 is 15.4 Å². The number of carbonyl (C=O) groups is 1. The first kappa shape index (κ1) is 18.3. The van der Waals surface area contributed by atoms with E-state index in [0.717, 1.165) is 37.1 Å². The average molecular weight is 322 g/mol. The molecule has 0 spiro atoms. The fraction of sp³-hybridized carbons (Fsp3) is 0.842. The summed E-state index contributed by atoms with van der Waals surface area (Å²) < 4.78 is 5.35. The first-order valence-corrected chi connectivity index (χ1v) is 9.17. The number of rotatable bonds is 7. The third-order valence-electron chi connectivity index (χ3n) is 5.48. The molecule has 1 saturated carbocycles. The Bertz CT molecular complexity index is 435. The van der Waals surface area contributed by atoms with Gasteiger partial charge in [0.1, 0.15) is 5.60 Å². The van der Waals surface area contributed by atoms with Crippen molar-refractivity contribution in [2.45, 2.75) is 71.4 Å². The number of alkyl carbamates (subject to hydrolysis) is 1. The molecule has 0 aromatic rings. The SMILES string of the molecule is CCC(CC)(CNC(=O)OC(C)(C)C)NCC1CC2C=CC1C2. The molecule has 2 aliphatic carbocycles. The quantitative estimate of drug-likeness (QED) is 0.700. The number of allylic oxidation sites excluding steroid dienone is 2. The van der Waals surface area contributed by atoms with Gasteiger partial charge in [0, 0.05) is 12.1 Å². The van der Waals surface area contributed by atoms with Crippen LogP contribution in [0.3, 0.4) is 0 Å². The lowest BCUT2D eigenvalue weighted by Crippen LogP contribution is -2.54. The Hall–Kier alpha value is -1.03. The lowest BCUT2D eigenvalue weighted by Gasteiger charge is -2.35. The van der Waals surface area contributed by atoms with Crippen molar-refractivity contribution in [2.75, 3.05) is 13.1 Å². The summed E-state index contributed by atoms with van der Waals surface area (Å²) in [6.07, 6.45) is 9.11. The highest BCUT2D eigenvalue weighted by Gasteiger charge is 2.37. The van der Waals surface area contributed by atoms with E-state index in [1.807, 2.05) is 20.8 Å². The summed E-state index contributed by atoms with van der Waals surface area (Å²) in [5.74, 6) is 2.33. The van der Waals surface area contributed by atoms with Crippen molar-refractivity contribution in [2.24, 2.45) is 17.8 Å². The molecule has 2 rings (SSSR count). The minimum Gasteiger partial charge on any atom is -0.444 e. The second-order valence-corrected chi connectivity index (χ2v) is 8.26. The third-order valence-corrected chi connectivity index (χ3v) is 5.48. The van der Waals surface area contributed by atoms with Gasteiger partial charge in [-0.2, -0.15) is 0 Å². The predicted molar refractivity (Wildman–Crippen MR) is 94.4 cm³/mol. The summed E-state index contributed by atoms with van der Waals surface area (Å²) >= 11 is 0. The monoisotopic (exact) mass is 322 g/mol. The topological polar surface area (TPSA) is 50.4 Å². The van der Waals surface area contributed by atoms with Gasteiger partial charge in [-0.05, 0) is 70.8 Å². The van der Waals surface area contributed by atoms with Crippen LogP contribution in [0.4, 0.5) is 4.79 Å². The number of nitrogens with one attached hydrogen (secondary N) is 2. The fourth-order valence-electron chi connectivity index (χ4n) is 3.84. The average Bonchev–Trinajstić information content (AvgIpc) is 3.09. The maximum Gasteiger partial charge on any atom is 0.407 e. The van der Waals surface area contributed by atoms with Gasteiger partial charge in [-0.3, -0.25) is 0 Å². The summed E-state index contributed by atoms with van der Waals surface area (Å²) in [7, 11) is 0. The Balaban J connectivity index is 1.83. The Morgan fingerprint density at radius 3 is 2.35 bits per heavy atom. The number of ether oxygens (including phenoxy) is 1. The molecule has 23 heavy (non-hydrogen) atoms. The van der Waals surface area contributed by atoms with Crippen molar-refractivity contribution >= 4 is 6.09 Å². The maximum absolute atomic E-state index is 11.9. The molecule has 3 unspecified atom stereocenters. The van der Waals surface area contributed by atoms with Crippen LogP contribution in [0.5, 0.6) is 0 Å². The van der Waals surface area contributed by atoms with E-state index in [4.69, 9.17) is 4.74 Å². The molecule has 4 heteroatoms. The number of hydrogen-bond donors (Lipinski definition) is 2. The van der Waals surface area contributed by atoms with Crippen LogP contribution in [0.1, 0.15) is 60.3 Å². The van der Waals surface area contributed by atoms with E-state index in [1.54, 1.807) is 0 Å². The van der Waals surface area contributed by atoms with Gasteiger partial charge >= 0.3 is 6.09 Å². The Labute approximate surface area is 141 Å². The van der Waals surface area contributed by atoms with Crippen LogP contribution in [0.25, 0.3) is 0 Å². The van der Waals surface area contributed by atoms with Gasteiger partial charge in [-0.15, -0.1) is 0 Å². The lowest BCUT2D eigenvalue weighted by molar-refractivity contribution is 0.0506. The zero-order valence-electron chi connectivity index (χ0n) is 15.4. The first-order chi connectivity index (χ1) is 10.8. The van der Waals surface area contributed by atoms with E-state index < -0.39 is 5.60 Å². The van der Waals surface area contributed by atoms with Crippen molar-refractivity contribution < 1.29 is 9.53 Å². The molecular formula is C19H34N2O2. The number of amides is 1. The predicted octanol–water partition coefficient (Wildman–Crippen LogP) is 3.87. The van der Waals surface area contributed by atoms with E-state index in [2.05, 4.69) is 36.6 Å². The zero-order chi connectivity index (χ0) is 17.1. The molecular weight excluding hydrogens is 288 g/mol. The van der Waals surface area contributed by atoms with Gasteiger partial charge in [0.25, 0.3) is 0 Å². The van der Waals surface area contributed by atoms with Gasteiger partial charge in [-0.25, -0.2) is 4.79 Å². The Kier molecular flexibility index (Phi) is 5.77. The first-order valence-electron chi connectivity index (χ1n) is 9.17. The fourth-order valence-corrected chi connectivity index (χ4v) is 3.84. The molecule has 0 aromatic heterocycles. The molecule has 2 bridgehead atoms.